The average molecular weight is 301 g/mol. The van der Waals surface area contributed by atoms with Gasteiger partial charge in [0.05, 0.1) is 15.5 Å². The molecule has 112 valence electrons. The van der Waals surface area contributed by atoms with Crippen LogP contribution in [0.4, 0.5) is 5.69 Å². The summed E-state index contributed by atoms with van der Waals surface area (Å²) in [5.74, 6) is 0.412. The van der Waals surface area contributed by atoms with E-state index in [1.807, 2.05) is 0 Å². The molecule has 0 spiro atoms. The quantitative estimate of drug-likeness (QED) is 0.599. The molecule has 5 nitrogen and oxygen atoms in total. The topological polar surface area (TPSA) is 75.4 Å². The Morgan fingerprint density at radius 1 is 1.50 bits per heavy atom. The van der Waals surface area contributed by atoms with Crippen molar-refractivity contribution in [3.05, 3.63) is 38.9 Å². The first-order chi connectivity index (χ1) is 9.21. The van der Waals surface area contributed by atoms with Crippen LogP contribution < -0.4 is 5.32 Å². The number of benzene rings is 1. The molecule has 0 heterocycles. The largest absolute Gasteiger partial charge is 0.389 e. The number of hydrogen-bond donors (Lipinski definition) is 2. The van der Waals surface area contributed by atoms with E-state index in [1.165, 1.54) is 12.1 Å². The van der Waals surface area contributed by atoms with Gasteiger partial charge in [-0.25, -0.2) is 0 Å². The first-order valence-corrected chi connectivity index (χ1v) is 6.95. The minimum Gasteiger partial charge on any atom is -0.389 e. The molecule has 0 amide bonds. The Kier molecular flexibility index (Phi) is 5.92. The molecule has 2 N–H and O–H groups in total. The molecule has 0 bridgehead atoms. The number of nitro groups is 1. The molecule has 0 saturated carbocycles. The third kappa shape index (κ3) is 5.45. The maximum atomic E-state index is 10.6. The predicted octanol–water partition coefficient (Wildman–Crippen LogP) is 3.13. The zero-order valence-electron chi connectivity index (χ0n) is 12.0. The average Bonchev–Trinajstić information content (AvgIpc) is 2.29. The Balaban J connectivity index is 2.56. The molecule has 0 aliphatic heterocycles. The van der Waals surface area contributed by atoms with Gasteiger partial charge in [-0.3, -0.25) is 10.1 Å². The van der Waals surface area contributed by atoms with E-state index >= 15 is 0 Å². The zero-order valence-corrected chi connectivity index (χ0v) is 12.8. The number of nitrogens with one attached hydrogen (secondary N) is 1. The van der Waals surface area contributed by atoms with E-state index < -0.39 is 10.5 Å². The summed E-state index contributed by atoms with van der Waals surface area (Å²) in [5.41, 5.74) is -0.0234. The van der Waals surface area contributed by atoms with Gasteiger partial charge in [-0.1, -0.05) is 25.4 Å². The number of nitrogens with zero attached hydrogens (tertiary/aromatic N) is 1. The van der Waals surface area contributed by atoms with Gasteiger partial charge >= 0.3 is 0 Å². The Morgan fingerprint density at radius 2 is 2.15 bits per heavy atom. The molecule has 1 unspecified atom stereocenters. The second-order valence-corrected chi connectivity index (χ2v) is 6.14. The molecule has 0 radical (unpaired) electrons. The van der Waals surface area contributed by atoms with Gasteiger partial charge in [0, 0.05) is 25.2 Å². The lowest BCUT2D eigenvalue weighted by atomic mass is 9.94. The Morgan fingerprint density at radius 3 is 2.65 bits per heavy atom. The number of hydrogen-bond acceptors (Lipinski definition) is 4. The van der Waals surface area contributed by atoms with Crippen LogP contribution in [0.1, 0.15) is 32.8 Å². The molecule has 20 heavy (non-hydrogen) atoms. The van der Waals surface area contributed by atoms with Crippen molar-refractivity contribution < 1.29 is 10.0 Å². The molecule has 0 saturated heterocycles. The van der Waals surface area contributed by atoms with E-state index in [1.54, 1.807) is 13.0 Å². The maximum absolute atomic E-state index is 10.6. The first kappa shape index (κ1) is 16.9. The minimum absolute atomic E-state index is 0.0226. The summed E-state index contributed by atoms with van der Waals surface area (Å²) >= 11 is 6.00. The summed E-state index contributed by atoms with van der Waals surface area (Å²) in [5, 5.41) is 24.3. The van der Waals surface area contributed by atoms with Crippen LogP contribution in [0.2, 0.25) is 5.02 Å². The standard InChI is InChI=1S/C14H21ClN2O3/c1-10(2)7-14(3,18)9-16-8-11-4-5-12(17(19)20)6-13(11)15/h4-6,10,16,18H,7-9H2,1-3H3. The van der Waals surface area contributed by atoms with Crippen LogP contribution in [0.5, 0.6) is 0 Å². The molecular formula is C14H21ClN2O3. The van der Waals surface area contributed by atoms with Gasteiger partial charge in [0.15, 0.2) is 0 Å². The van der Waals surface area contributed by atoms with Crippen molar-refractivity contribution in [1.29, 1.82) is 0 Å². The monoisotopic (exact) mass is 300 g/mol. The SMILES string of the molecule is CC(C)CC(C)(O)CNCc1ccc([N+](=O)[O-])cc1Cl. The van der Waals surface area contributed by atoms with Crippen molar-refractivity contribution in [2.75, 3.05) is 6.54 Å². The molecule has 6 heteroatoms. The van der Waals surface area contributed by atoms with E-state index in [0.29, 0.717) is 30.5 Å². The Bertz CT molecular complexity index is 475. The van der Waals surface area contributed by atoms with Crippen molar-refractivity contribution in [3.8, 4) is 0 Å². The summed E-state index contributed by atoms with van der Waals surface area (Å²) in [4.78, 5) is 10.1. The molecule has 1 aromatic rings. The van der Waals surface area contributed by atoms with E-state index in [2.05, 4.69) is 19.2 Å². The van der Waals surface area contributed by atoms with Crippen LogP contribution in [-0.4, -0.2) is 22.2 Å². The summed E-state index contributed by atoms with van der Waals surface area (Å²) in [6, 6.07) is 4.39. The van der Waals surface area contributed by atoms with Crippen LogP contribution in [0.3, 0.4) is 0 Å². The molecular weight excluding hydrogens is 280 g/mol. The molecule has 1 rings (SSSR count). The highest BCUT2D eigenvalue weighted by Gasteiger charge is 2.21. The molecule has 0 aliphatic rings. The van der Waals surface area contributed by atoms with E-state index in [0.717, 1.165) is 5.56 Å². The lowest BCUT2D eigenvalue weighted by Crippen LogP contribution is -2.38. The second kappa shape index (κ2) is 7.02. The smallest absolute Gasteiger partial charge is 0.270 e. The van der Waals surface area contributed by atoms with E-state index in [-0.39, 0.29) is 5.69 Å². The number of non-ortho nitro benzene ring substituents is 1. The number of halogens is 1. The van der Waals surface area contributed by atoms with Crippen molar-refractivity contribution >= 4 is 17.3 Å². The van der Waals surface area contributed by atoms with E-state index in [9.17, 15) is 15.2 Å². The second-order valence-electron chi connectivity index (χ2n) is 5.73. The normalized spacial score (nSPS) is 14.3. The molecule has 1 atom stereocenters. The summed E-state index contributed by atoms with van der Waals surface area (Å²) in [7, 11) is 0. The van der Waals surface area contributed by atoms with Crippen molar-refractivity contribution in [1.82, 2.24) is 5.32 Å². The molecule has 1 aromatic carbocycles. The van der Waals surface area contributed by atoms with Crippen LogP contribution in [0.25, 0.3) is 0 Å². The summed E-state index contributed by atoms with van der Waals surface area (Å²) < 4.78 is 0. The highest BCUT2D eigenvalue weighted by molar-refractivity contribution is 6.31. The molecule has 0 aromatic heterocycles. The fourth-order valence-corrected chi connectivity index (χ4v) is 2.45. The highest BCUT2D eigenvalue weighted by Crippen LogP contribution is 2.22. The van der Waals surface area contributed by atoms with Crippen molar-refractivity contribution in [3.63, 3.8) is 0 Å². The Labute approximate surface area is 124 Å². The van der Waals surface area contributed by atoms with Gasteiger partial charge in [0.2, 0.25) is 0 Å². The molecule has 0 fully saturated rings. The van der Waals surface area contributed by atoms with Gasteiger partial charge in [0.1, 0.15) is 0 Å². The van der Waals surface area contributed by atoms with Crippen LogP contribution in [0, 0.1) is 16.0 Å². The maximum Gasteiger partial charge on any atom is 0.270 e. The molecule has 0 aliphatic carbocycles. The third-order valence-electron chi connectivity index (χ3n) is 2.92. The van der Waals surface area contributed by atoms with Crippen LogP contribution in [0.15, 0.2) is 18.2 Å². The predicted molar refractivity (Wildman–Crippen MR) is 79.9 cm³/mol. The van der Waals surface area contributed by atoms with Gasteiger partial charge in [-0.15, -0.1) is 0 Å². The lowest BCUT2D eigenvalue weighted by Gasteiger charge is -2.25. The van der Waals surface area contributed by atoms with Crippen LogP contribution >= 0.6 is 11.6 Å². The van der Waals surface area contributed by atoms with Crippen molar-refractivity contribution in [2.45, 2.75) is 39.3 Å². The van der Waals surface area contributed by atoms with Crippen LogP contribution in [-0.2, 0) is 6.54 Å². The first-order valence-electron chi connectivity index (χ1n) is 6.57. The fourth-order valence-electron chi connectivity index (χ4n) is 2.21. The number of nitro benzene ring substituents is 1. The van der Waals surface area contributed by atoms with Gasteiger partial charge < -0.3 is 10.4 Å². The fraction of sp³-hybridized carbons (Fsp3) is 0.571. The van der Waals surface area contributed by atoms with Gasteiger partial charge in [-0.05, 0) is 30.9 Å². The number of aliphatic hydroxyl groups is 1. The van der Waals surface area contributed by atoms with E-state index in [4.69, 9.17) is 11.6 Å². The number of rotatable bonds is 7. The Hall–Kier alpha value is -1.17. The zero-order chi connectivity index (χ0) is 15.3. The lowest BCUT2D eigenvalue weighted by molar-refractivity contribution is -0.384. The summed E-state index contributed by atoms with van der Waals surface area (Å²) in [6.45, 7) is 6.81. The summed E-state index contributed by atoms with van der Waals surface area (Å²) in [6.07, 6.45) is 0.702. The highest BCUT2D eigenvalue weighted by atomic mass is 35.5. The minimum atomic E-state index is -0.776. The van der Waals surface area contributed by atoms with Crippen molar-refractivity contribution in [2.24, 2.45) is 5.92 Å². The third-order valence-corrected chi connectivity index (χ3v) is 3.27. The van der Waals surface area contributed by atoms with Gasteiger partial charge in [0.25, 0.3) is 5.69 Å². The van der Waals surface area contributed by atoms with Gasteiger partial charge in [-0.2, -0.15) is 0 Å².